The van der Waals surface area contributed by atoms with Gasteiger partial charge < -0.3 is 16.2 Å². The van der Waals surface area contributed by atoms with Crippen molar-refractivity contribution < 1.29 is 14.7 Å². The van der Waals surface area contributed by atoms with E-state index in [-0.39, 0.29) is 5.84 Å². The van der Waals surface area contributed by atoms with Gasteiger partial charge in [0.2, 0.25) is 0 Å². The average Bonchev–Trinajstić information content (AvgIpc) is 2.35. The number of hydrogen-bond acceptors (Lipinski definition) is 4. The molecule has 7 heteroatoms. The molecule has 0 heterocycles. The van der Waals surface area contributed by atoms with Gasteiger partial charge in [-0.1, -0.05) is 28.9 Å². The van der Waals surface area contributed by atoms with Gasteiger partial charge in [0.1, 0.15) is 6.10 Å². The van der Waals surface area contributed by atoms with Gasteiger partial charge in [0.25, 0.3) is 0 Å². The first kappa shape index (κ1) is 13.3. The van der Waals surface area contributed by atoms with Crippen LogP contribution in [-0.2, 0) is 4.84 Å². The molecule has 0 bridgehead atoms. The number of aliphatic hydroxyl groups is 1. The summed E-state index contributed by atoms with van der Waals surface area (Å²) in [4.78, 5) is 15.1. The Balaban J connectivity index is 2.72. The van der Waals surface area contributed by atoms with Crippen LogP contribution in [0.2, 0.25) is 5.02 Å². The van der Waals surface area contributed by atoms with Crippen molar-refractivity contribution in [1.29, 1.82) is 0 Å². The predicted molar refractivity (Wildman–Crippen MR) is 63.6 cm³/mol. The molecule has 0 aliphatic carbocycles. The zero-order valence-corrected chi connectivity index (χ0v) is 9.81. The molecule has 0 aromatic heterocycles. The van der Waals surface area contributed by atoms with Crippen LogP contribution < -0.4 is 11.1 Å². The summed E-state index contributed by atoms with van der Waals surface area (Å²) in [5, 5.41) is 15.8. The molecule has 92 valence electrons. The van der Waals surface area contributed by atoms with E-state index in [0.29, 0.717) is 10.6 Å². The van der Waals surface area contributed by atoms with Crippen molar-refractivity contribution in [2.24, 2.45) is 10.9 Å². The lowest BCUT2D eigenvalue weighted by molar-refractivity contribution is 0.149. The monoisotopic (exact) mass is 257 g/mol. The van der Waals surface area contributed by atoms with Gasteiger partial charge in [-0.15, -0.1) is 0 Å². The summed E-state index contributed by atoms with van der Waals surface area (Å²) in [5.41, 5.74) is 5.95. The van der Waals surface area contributed by atoms with Crippen LogP contribution in [0, 0.1) is 0 Å². The molecule has 6 nitrogen and oxygen atoms in total. The molecule has 0 fully saturated rings. The standard InChI is InChI=1S/C10H12ClN3O3/c1-13-10(16)17-14-9(12)8(15)6-2-4-7(11)5-3-6/h2-5,8,15H,1H3,(H2,12,14)(H,13,16)/t8-/m1/s1. The molecule has 0 unspecified atom stereocenters. The van der Waals surface area contributed by atoms with Crippen LogP contribution in [-0.4, -0.2) is 24.1 Å². The highest BCUT2D eigenvalue weighted by atomic mass is 35.5. The van der Waals surface area contributed by atoms with Crippen LogP contribution in [0.4, 0.5) is 4.79 Å². The molecule has 1 aromatic carbocycles. The number of carbonyl (C=O) groups is 1. The van der Waals surface area contributed by atoms with Crippen LogP contribution >= 0.6 is 11.6 Å². The van der Waals surface area contributed by atoms with Gasteiger partial charge in [-0.05, 0) is 17.7 Å². The van der Waals surface area contributed by atoms with E-state index in [2.05, 4.69) is 15.3 Å². The maximum absolute atomic E-state index is 10.7. The molecule has 4 N–H and O–H groups in total. The molecule has 17 heavy (non-hydrogen) atoms. The van der Waals surface area contributed by atoms with E-state index in [1.54, 1.807) is 24.3 Å². The van der Waals surface area contributed by atoms with Crippen LogP contribution in [0.25, 0.3) is 0 Å². The van der Waals surface area contributed by atoms with Crippen LogP contribution in [0.3, 0.4) is 0 Å². The summed E-state index contributed by atoms with van der Waals surface area (Å²) < 4.78 is 0. The first-order valence-electron chi connectivity index (χ1n) is 4.70. The number of nitrogens with zero attached hydrogens (tertiary/aromatic N) is 1. The molecule has 0 spiro atoms. The van der Waals surface area contributed by atoms with E-state index in [9.17, 15) is 9.90 Å². The minimum absolute atomic E-state index is 0.226. The molecule has 1 atom stereocenters. The summed E-state index contributed by atoms with van der Waals surface area (Å²) >= 11 is 5.70. The lowest BCUT2D eigenvalue weighted by Gasteiger charge is -2.09. The van der Waals surface area contributed by atoms with Gasteiger partial charge in [-0.2, -0.15) is 0 Å². The molecule has 0 aliphatic rings. The minimum Gasteiger partial charge on any atom is -0.382 e. The fourth-order valence-electron chi connectivity index (χ4n) is 1.01. The molecular weight excluding hydrogens is 246 g/mol. The number of carbonyl (C=O) groups excluding carboxylic acids is 1. The average molecular weight is 258 g/mol. The number of rotatable bonds is 3. The van der Waals surface area contributed by atoms with Gasteiger partial charge >= 0.3 is 6.09 Å². The normalized spacial score (nSPS) is 13.0. The fourth-order valence-corrected chi connectivity index (χ4v) is 1.13. The summed E-state index contributed by atoms with van der Waals surface area (Å²) in [6.07, 6.45) is -1.92. The van der Waals surface area contributed by atoms with E-state index in [1.807, 2.05) is 0 Å². The number of benzene rings is 1. The molecule has 1 aromatic rings. The lowest BCUT2D eigenvalue weighted by atomic mass is 10.1. The Kier molecular flexibility index (Phi) is 4.74. The van der Waals surface area contributed by atoms with Gasteiger partial charge in [-0.3, -0.25) is 4.84 Å². The number of amidine groups is 1. The Morgan fingerprint density at radius 3 is 2.65 bits per heavy atom. The van der Waals surface area contributed by atoms with Gasteiger partial charge in [0.15, 0.2) is 5.84 Å². The topological polar surface area (TPSA) is 96.9 Å². The van der Waals surface area contributed by atoms with Crippen molar-refractivity contribution in [2.75, 3.05) is 7.05 Å². The maximum Gasteiger partial charge on any atom is 0.433 e. The van der Waals surface area contributed by atoms with E-state index >= 15 is 0 Å². The van der Waals surface area contributed by atoms with E-state index in [0.717, 1.165) is 0 Å². The highest BCUT2D eigenvalue weighted by Crippen LogP contribution is 2.16. The quantitative estimate of drug-likeness (QED) is 0.326. The predicted octanol–water partition coefficient (Wildman–Crippen LogP) is 1.00. The molecule has 0 saturated heterocycles. The van der Waals surface area contributed by atoms with Crippen molar-refractivity contribution in [1.82, 2.24) is 5.32 Å². The summed E-state index contributed by atoms with van der Waals surface area (Å²) in [5.74, 6) is -0.226. The van der Waals surface area contributed by atoms with Crippen LogP contribution in [0.5, 0.6) is 0 Å². The largest absolute Gasteiger partial charge is 0.433 e. The van der Waals surface area contributed by atoms with Gasteiger partial charge in [-0.25, -0.2) is 4.79 Å². The number of aliphatic hydroxyl groups excluding tert-OH is 1. The van der Waals surface area contributed by atoms with Crippen LogP contribution in [0.1, 0.15) is 11.7 Å². The number of nitrogens with two attached hydrogens (primary N) is 1. The number of amides is 1. The third kappa shape index (κ3) is 3.93. The number of oxime groups is 1. The Morgan fingerprint density at radius 1 is 1.53 bits per heavy atom. The third-order valence-corrected chi connectivity index (χ3v) is 2.16. The summed E-state index contributed by atoms with van der Waals surface area (Å²) in [7, 11) is 1.38. The number of hydrogen-bond donors (Lipinski definition) is 3. The number of halogens is 1. The Bertz CT molecular complexity index is 419. The van der Waals surface area contributed by atoms with E-state index in [4.69, 9.17) is 17.3 Å². The first-order valence-corrected chi connectivity index (χ1v) is 5.08. The highest BCUT2D eigenvalue weighted by Gasteiger charge is 2.13. The zero-order chi connectivity index (χ0) is 12.8. The SMILES string of the molecule is CNC(=O)O/N=C(/N)[C@H](O)c1ccc(Cl)cc1. The van der Waals surface area contributed by atoms with Crippen molar-refractivity contribution in [2.45, 2.75) is 6.10 Å². The molecule has 1 amide bonds. The van der Waals surface area contributed by atoms with Crippen molar-refractivity contribution >= 4 is 23.5 Å². The Labute approximate surface area is 103 Å². The van der Waals surface area contributed by atoms with Gasteiger partial charge in [0, 0.05) is 12.1 Å². The lowest BCUT2D eigenvalue weighted by Crippen LogP contribution is -2.24. The van der Waals surface area contributed by atoms with Crippen LogP contribution in [0.15, 0.2) is 29.4 Å². The molecular formula is C10H12ClN3O3. The highest BCUT2D eigenvalue weighted by molar-refractivity contribution is 6.30. The second kappa shape index (κ2) is 6.07. The first-order chi connectivity index (χ1) is 8.04. The number of nitrogens with one attached hydrogen (secondary N) is 1. The van der Waals surface area contributed by atoms with Crippen molar-refractivity contribution in [3.63, 3.8) is 0 Å². The molecule has 1 rings (SSSR count). The summed E-state index contributed by atoms with van der Waals surface area (Å²) in [6.45, 7) is 0. The van der Waals surface area contributed by atoms with E-state index < -0.39 is 12.2 Å². The second-order valence-corrected chi connectivity index (χ2v) is 3.54. The minimum atomic E-state index is -1.16. The molecule has 0 saturated carbocycles. The van der Waals surface area contributed by atoms with Crippen molar-refractivity contribution in [3.05, 3.63) is 34.9 Å². The Hall–Kier alpha value is -1.79. The zero-order valence-electron chi connectivity index (χ0n) is 9.05. The van der Waals surface area contributed by atoms with Gasteiger partial charge in [0.05, 0.1) is 0 Å². The maximum atomic E-state index is 10.7. The smallest absolute Gasteiger partial charge is 0.382 e. The molecule has 0 radical (unpaired) electrons. The van der Waals surface area contributed by atoms with E-state index in [1.165, 1.54) is 7.05 Å². The fraction of sp³-hybridized carbons (Fsp3) is 0.200. The molecule has 0 aliphatic heterocycles. The van der Waals surface area contributed by atoms with Crippen molar-refractivity contribution in [3.8, 4) is 0 Å². The Morgan fingerprint density at radius 2 is 2.12 bits per heavy atom. The third-order valence-electron chi connectivity index (χ3n) is 1.90. The second-order valence-electron chi connectivity index (χ2n) is 3.10. The summed E-state index contributed by atoms with van der Waals surface area (Å²) in [6, 6.07) is 6.39.